The van der Waals surface area contributed by atoms with E-state index in [1.807, 2.05) is 4.90 Å². The molecule has 20 heavy (non-hydrogen) atoms. The highest BCUT2D eigenvalue weighted by Gasteiger charge is 2.34. The molecule has 1 aliphatic heterocycles. The number of hydrogen-bond acceptors (Lipinski definition) is 4. The molecule has 0 amide bonds. The highest BCUT2D eigenvalue weighted by atomic mass is 19.4. The van der Waals surface area contributed by atoms with Crippen molar-refractivity contribution >= 4 is 11.8 Å². The molecule has 1 aromatic rings. The van der Waals surface area contributed by atoms with E-state index in [9.17, 15) is 13.2 Å². The second-order valence-corrected chi connectivity index (χ2v) is 5.10. The first-order valence-electron chi connectivity index (χ1n) is 6.90. The monoisotopic (exact) mass is 288 g/mol. The van der Waals surface area contributed by atoms with Crippen LogP contribution in [0.25, 0.3) is 0 Å². The van der Waals surface area contributed by atoms with Crippen molar-refractivity contribution in [3.05, 3.63) is 11.8 Å². The van der Waals surface area contributed by atoms with E-state index in [0.29, 0.717) is 5.82 Å². The second-order valence-electron chi connectivity index (χ2n) is 5.10. The summed E-state index contributed by atoms with van der Waals surface area (Å²) in [6.45, 7) is 2.79. The van der Waals surface area contributed by atoms with Gasteiger partial charge in [-0.3, -0.25) is 0 Å². The molecule has 0 aliphatic carbocycles. The Morgan fingerprint density at radius 3 is 2.75 bits per heavy atom. The zero-order valence-electron chi connectivity index (χ0n) is 11.5. The summed E-state index contributed by atoms with van der Waals surface area (Å²) in [5, 5.41) is 0. The highest BCUT2D eigenvalue weighted by Crippen LogP contribution is 2.32. The lowest BCUT2D eigenvalue weighted by Gasteiger charge is -2.36. The van der Waals surface area contributed by atoms with Crippen LogP contribution >= 0.6 is 0 Å². The predicted octanol–water partition coefficient (Wildman–Crippen LogP) is 3.24. The van der Waals surface area contributed by atoms with Crippen molar-refractivity contribution in [3.63, 3.8) is 0 Å². The number of alkyl halides is 3. The van der Waals surface area contributed by atoms with Gasteiger partial charge in [-0.05, 0) is 25.7 Å². The van der Waals surface area contributed by atoms with Crippen LogP contribution in [0.1, 0.15) is 44.7 Å². The van der Waals surface area contributed by atoms with Crippen molar-refractivity contribution in [1.82, 2.24) is 9.97 Å². The summed E-state index contributed by atoms with van der Waals surface area (Å²) in [5.74, 6) is -0.0291. The van der Waals surface area contributed by atoms with E-state index in [-0.39, 0.29) is 12.0 Å². The van der Waals surface area contributed by atoms with E-state index in [4.69, 9.17) is 5.73 Å². The third kappa shape index (κ3) is 3.32. The average molecular weight is 288 g/mol. The maximum atomic E-state index is 12.8. The molecular formula is C13H19F3N4. The molecule has 1 saturated heterocycles. The zero-order chi connectivity index (χ0) is 14.8. The first-order chi connectivity index (χ1) is 9.41. The minimum absolute atomic E-state index is 0.240. The molecule has 2 heterocycles. The molecule has 1 fully saturated rings. The molecule has 0 spiro atoms. The minimum Gasteiger partial charge on any atom is -0.368 e. The molecule has 0 aromatic carbocycles. The van der Waals surface area contributed by atoms with Crippen LogP contribution in [0.3, 0.4) is 0 Å². The fourth-order valence-corrected chi connectivity index (χ4v) is 2.68. The summed E-state index contributed by atoms with van der Waals surface area (Å²) in [4.78, 5) is 9.23. The fraction of sp³-hybridized carbons (Fsp3) is 0.692. The maximum Gasteiger partial charge on any atom is 0.433 e. The first kappa shape index (κ1) is 14.9. The number of anilines is 2. The molecule has 1 unspecified atom stereocenters. The van der Waals surface area contributed by atoms with Crippen molar-refractivity contribution < 1.29 is 13.2 Å². The van der Waals surface area contributed by atoms with E-state index in [1.165, 1.54) is 0 Å². The van der Waals surface area contributed by atoms with Crippen molar-refractivity contribution in [3.8, 4) is 0 Å². The summed E-state index contributed by atoms with van der Waals surface area (Å²) in [5.41, 5.74) is 4.46. The van der Waals surface area contributed by atoms with E-state index < -0.39 is 11.9 Å². The molecule has 0 bridgehead atoms. The first-order valence-corrected chi connectivity index (χ1v) is 6.90. The summed E-state index contributed by atoms with van der Waals surface area (Å²) >= 11 is 0. The Bertz CT molecular complexity index is 459. The van der Waals surface area contributed by atoms with Crippen LogP contribution in [-0.4, -0.2) is 22.6 Å². The van der Waals surface area contributed by atoms with Gasteiger partial charge in [0.05, 0.1) is 0 Å². The van der Waals surface area contributed by atoms with Crippen LogP contribution in [-0.2, 0) is 6.18 Å². The van der Waals surface area contributed by atoms with Gasteiger partial charge in [-0.1, -0.05) is 13.3 Å². The van der Waals surface area contributed by atoms with Gasteiger partial charge >= 0.3 is 6.18 Å². The normalized spacial score (nSPS) is 20.2. The van der Waals surface area contributed by atoms with Gasteiger partial charge in [0.2, 0.25) is 5.95 Å². The number of nitrogens with zero attached hydrogens (tertiary/aromatic N) is 3. The molecule has 2 N–H and O–H groups in total. The van der Waals surface area contributed by atoms with E-state index in [1.54, 1.807) is 0 Å². The Morgan fingerprint density at radius 2 is 2.10 bits per heavy atom. The standard InChI is InChI=1S/C13H19F3N4/c1-2-5-9-6-3-4-7-20(9)11-8-10(13(14,15)16)18-12(17)19-11/h8-9H,2-7H2,1H3,(H2,17,18,19). The quantitative estimate of drug-likeness (QED) is 0.927. The smallest absolute Gasteiger partial charge is 0.368 e. The SMILES string of the molecule is CCCC1CCCCN1c1cc(C(F)(F)F)nc(N)n1. The van der Waals surface area contributed by atoms with Gasteiger partial charge in [-0.25, -0.2) is 4.98 Å². The summed E-state index contributed by atoms with van der Waals surface area (Å²) in [7, 11) is 0. The summed E-state index contributed by atoms with van der Waals surface area (Å²) in [6.07, 6.45) is 0.499. The van der Waals surface area contributed by atoms with E-state index in [0.717, 1.165) is 44.7 Å². The number of hydrogen-bond donors (Lipinski definition) is 1. The lowest BCUT2D eigenvalue weighted by atomic mass is 9.98. The number of piperidine rings is 1. The van der Waals surface area contributed by atoms with Crippen molar-refractivity contribution in [2.75, 3.05) is 17.2 Å². The molecule has 1 atom stereocenters. The number of rotatable bonds is 3. The third-order valence-electron chi connectivity index (χ3n) is 3.56. The highest BCUT2D eigenvalue weighted by molar-refractivity contribution is 5.45. The van der Waals surface area contributed by atoms with E-state index >= 15 is 0 Å². The molecule has 1 aliphatic rings. The third-order valence-corrected chi connectivity index (χ3v) is 3.56. The Hall–Kier alpha value is -1.53. The van der Waals surface area contributed by atoms with Crippen molar-refractivity contribution in [1.29, 1.82) is 0 Å². The van der Waals surface area contributed by atoms with E-state index in [2.05, 4.69) is 16.9 Å². The lowest BCUT2D eigenvalue weighted by molar-refractivity contribution is -0.141. The van der Waals surface area contributed by atoms with Crippen LogP contribution in [0.15, 0.2) is 6.07 Å². The molecule has 7 heteroatoms. The zero-order valence-corrected chi connectivity index (χ0v) is 11.5. The predicted molar refractivity (Wildman–Crippen MR) is 71.3 cm³/mol. The Labute approximate surface area is 116 Å². The molecule has 1 aromatic heterocycles. The lowest BCUT2D eigenvalue weighted by Crippen LogP contribution is -2.40. The Balaban J connectivity index is 2.32. The molecular weight excluding hydrogens is 269 g/mol. The number of nitrogens with two attached hydrogens (primary N) is 1. The molecule has 0 saturated carbocycles. The van der Waals surface area contributed by atoms with Gasteiger partial charge in [-0.2, -0.15) is 18.2 Å². The van der Waals surface area contributed by atoms with Crippen LogP contribution in [0, 0.1) is 0 Å². The molecule has 0 radical (unpaired) electrons. The van der Waals surface area contributed by atoms with Gasteiger partial charge in [-0.15, -0.1) is 0 Å². The fourth-order valence-electron chi connectivity index (χ4n) is 2.68. The summed E-state index contributed by atoms with van der Waals surface area (Å²) in [6, 6.07) is 1.24. The second kappa shape index (κ2) is 5.85. The average Bonchev–Trinajstić information content (AvgIpc) is 2.38. The number of halogens is 3. The van der Waals surface area contributed by atoms with Gasteiger partial charge < -0.3 is 10.6 Å². The Kier molecular flexibility index (Phi) is 4.35. The van der Waals surface area contributed by atoms with Gasteiger partial charge in [0.1, 0.15) is 5.82 Å². The van der Waals surface area contributed by atoms with Crippen LogP contribution < -0.4 is 10.6 Å². The number of nitrogen functional groups attached to an aromatic ring is 1. The van der Waals surface area contributed by atoms with Gasteiger partial charge in [0.15, 0.2) is 5.69 Å². The number of aromatic nitrogens is 2. The van der Waals surface area contributed by atoms with Crippen molar-refractivity contribution in [2.45, 2.75) is 51.2 Å². The van der Waals surface area contributed by atoms with Crippen LogP contribution in [0.5, 0.6) is 0 Å². The van der Waals surface area contributed by atoms with Crippen LogP contribution in [0.4, 0.5) is 24.9 Å². The van der Waals surface area contributed by atoms with Crippen LogP contribution in [0.2, 0.25) is 0 Å². The molecule has 2 rings (SSSR count). The Morgan fingerprint density at radius 1 is 1.35 bits per heavy atom. The largest absolute Gasteiger partial charge is 0.433 e. The van der Waals surface area contributed by atoms with Gasteiger partial charge in [0.25, 0.3) is 0 Å². The van der Waals surface area contributed by atoms with Gasteiger partial charge in [0, 0.05) is 18.7 Å². The molecule has 4 nitrogen and oxygen atoms in total. The van der Waals surface area contributed by atoms with Crippen molar-refractivity contribution in [2.24, 2.45) is 0 Å². The molecule has 112 valence electrons. The maximum absolute atomic E-state index is 12.8. The topological polar surface area (TPSA) is 55.0 Å². The minimum atomic E-state index is -4.50. The summed E-state index contributed by atoms with van der Waals surface area (Å²) < 4.78 is 38.4.